The van der Waals surface area contributed by atoms with Crippen LogP contribution in [0.15, 0.2) is 11.1 Å². The zero-order chi connectivity index (χ0) is 22.0. The topological polar surface area (TPSA) is 88.4 Å². The zero-order valence-corrected chi connectivity index (χ0v) is 19.3. The van der Waals surface area contributed by atoms with Gasteiger partial charge in [0, 0.05) is 11.3 Å². The van der Waals surface area contributed by atoms with Gasteiger partial charge < -0.3 is 29.5 Å². The second-order valence-electron chi connectivity index (χ2n) is 12.1. The Balaban J connectivity index is 1.49. The summed E-state index contributed by atoms with van der Waals surface area (Å²) >= 11 is 0. The number of allylic oxidation sites excluding steroid dienone is 2. The molecule has 5 fully saturated rings. The van der Waals surface area contributed by atoms with E-state index in [1.165, 1.54) is 12.8 Å². The standard InChI is InChI=1S/C25H38O6/c1-13(2)15-7-8-22(3)9-10-23(4)16(19(15)22)6-5-14-11-30-25(28)17(26)12-29-21-24(25,27)18(14)20(23)31-21/h13-14,16-18,20-21,26-28H,5-12H2,1-4H3. The van der Waals surface area contributed by atoms with Crippen LogP contribution in [-0.2, 0) is 14.2 Å². The highest BCUT2D eigenvalue weighted by Gasteiger charge is 2.78. The van der Waals surface area contributed by atoms with E-state index in [0.29, 0.717) is 18.4 Å². The number of aliphatic hydroxyl groups excluding tert-OH is 1. The zero-order valence-electron chi connectivity index (χ0n) is 19.3. The molecule has 3 aliphatic carbocycles. The first-order chi connectivity index (χ1) is 14.6. The maximum Gasteiger partial charge on any atom is 0.229 e. The van der Waals surface area contributed by atoms with Gasteiger partial charge in [0.15, 0.2) is 11.9 Å². The monoisotopic (exact) mass is 434 g/mol. The van der Waals surface area contributed by atoms with E-state index in [9.17, 15) is 15.3 Å². The van der Waals surface area contributed by atoms with Crippen LogP contribution < -0.4 is 0 Å². The average Bonchev–Trinajstić information content (AvgIpc) is 3.19. The number of rotatable bonds is 1. The lowest BCUT2D eigenvalue weighted by atomic mass is 9.53. The minimum atomic E-state index is -2.04. The molecule has 0 aromatic rings. The van der Waals surface area contributed by atoms with Gasteiger partial charge in [0.2, 0.25) is 5.79 Å². The van der Waals surface area contributed by atoms with Crippen molar-refractivity contribution in [3.8, 4) is 0 Å². The van der Waals surface area contributed by atoms with Crippen molar-refractivity contribution < 1.29 is 29.5 Å². The van der Waals surface area contributed by atoms with E-state index in [2.05, 4.69) is 27.7 Å². The Bertz CT molecular complexity index is 825. The molecular weight excluding hydrogens is 396 g/mol. The summed E-state index contributed by atoms with van der Waals surface area (Å²) in [6.45, 7) is 9.68. The fourth-order valence-corrected chi connectivity index (χ4v) is 8.64. The van der Waals surface area contributed by atoms with E-state index in [1.807, 2.05) is 0 Å². The second-order valence-corrected chi connectivity index (χ2v) is 12.1. The molecule has 10 atom stereocenters. The van der Waals surface area contributed by atoms with E-state index in [-0.39, 0.29) is 35.4 Å². The maximum atomic E-state index is 11.9. The van der Waals surface area contributed by atoms with Crippen molar-refractivity contribution in [1.82, 2.24) is 0 Å². The van der Waals surface area contributed by atoms with E-state index in [0.717, 1.165) is 25.7 Å². The van der Waals surface area contributed by atoms with Crippen molar-refractivity contribution in [1.29, 1.82) is 0 Å². The third-order valence-corrected chi connectivity index (χ3v) is 10.4. The second kappa shape index (κ2) is 6.34. The minimum absolute atomic E-state index is 0.0763. The van der Waals surface area contributed by atoms with Crippen LogP contribution in [0.1, 0.15) is 66.2 Å². The van der Waals surface area contributed by atoms with Crippen LogP contribution in [-0.4, -0.2) is 58.4 Å². The Morgan fingerprint density at radius 2 is 1.81 bits per heavy atom. The van der Waals surface area contributed by atoms with E-state index >= 15 is 0 Å². The summed E-state index contributed by atoms with van der Waals surface area (Å²) in [5.74, 6) is -1.32. The molecule has 10 unspecified atom stereocenters. The largest absolute Gasteiger partial charge is 0.385 e. The summed E-state index contributed by atoms with van der Waals surface area (Å²) in [5, 5.41) is 33.8. The molecule has 0 bridgehead atoms. The molecule has 0 radical (unpaired) electrons. The Labute approximate surface area is 184 Å². The van der Waals surface area contributed by atoms with Gasteiger partial charge in [-0.3, -0.25) is 0 Å². The normalized spacial score (nSPS) is 58.1. The van der Waals surface area contributed by atoms with Crippen LogP contribution >= 0.6 is 0 Å². The molecule has 3 saturated heterocycles. The molecule has 6 aliphatic rings. The molecule has 6 rings (SSSR count). The van der Waals surface area contributed by atoms with Gasteiger partial charge in [0.1, 0.15) is 6.10 Å². The Morgan fingerprint density at radius 3 is 2.55 bits per heavy atom. The fourth-order valence-electron chi connectivity index (χ4n) is 8.64. The van der Waals surface area contributed by atoms with Gasteiger partial charge in [-0.1, -0.05) is 38.8 Å². The van der Waals surface area contributed by atoms with Crippen LogP contribution in [0.5, 0.6) is 0 Å². The molecule has 3 N–H and O–H groups in total. The van der Waals surface area contributed by atoms with Crippen molar-refractivity contribution in [3.05, 3.63) is 11.1 Å². The predicted molar refractivity (Wildman–Crippen MR) is 113 cm³/mol. The first-order valence-electron chi connectivity index (χ1n) is 12.3. The Hall–Kier alpha value is -0.500. The molecule has 31 heavy (non-hydrogen) atoms. The van der Waals surface area contributed by atoms with Crippen molar-refractivity contribution in [2.24, 2.45) is 34.5 Å². The number of ether oxygens (including phenoxy) is 3. The molecule has 0 spiro atoms. The molecule has 0 aromatic heterocycles. The molecule has 2 saturated carbocycles. The van der Waals surface area contributed by atoms with Crippen LogP contribution in [0.4, 0.5) is 0 Å². The predicted octanol–water partition coefficient (Wildman–Crippen LogP) is 2.75. The molecule has 3 aliphatic heterocycles. The minimum Gasteiger partial charge on any atom is -0.385 e. The van der Waals surface area contributed by atoms with Crippen LogP contribution in [0.2, 0.25) is 0 Å². The van der Waals surface area contributed by atoms with E-state index < -0.39 is 23.8 Å². The number of hydrogen-bond acceptors (Lipinski definition) is 6. The Morgan fingerprint density at radius 1 is 1.03 bits per heavy atom. The summed E-state index contributed by atoms with van der Waals surface area (Å²) < 4.78 is 18.2. The van der Waals surface area contributed by atoms with Gasteiger partial charge in [-0.15, -0.1) is 0 Å². The third-order valence-electron chi connectivity index (χ3n) is 10.4. The SMILES string of the molecule is CC(C)C1=C2C3CCC4COC5(O)C(O)COC6OC(C4C65O)C3(C)CCC2(C)CC1. The highest BCUT2D eigenvalue weighted by molar-refractivity contribution is 5.36. The van der Waals surface area contributed by atoms with Crippen LogP contribution in [0.3, 0.4) is 0 Å². The van der Waals surface area contributed by atoms with Crippen LogP contribution in [0.25, 0.3) is 0 Å². The third kappa shape index (κ3) is 2.35. The maximum absolute atomic E-state index is 11.9. The first-order valence-corrected chi connectivity index (χ1v) is 12.3. The quantitative estimate of drug-likeness (QED) is 0.550. The highest BCUT2D eigenvalue weighted by atomic mass is 16.7. The first kappa shape index (κ1) is 21.1. The van der Waals surface area contributed by atoms with Crippen molar-refractivity contribution >= 4 is 0 Å². The lowest BCUT2D eigenvalue weighted by Crippen LogP contribution is -2.76. The van der Waals surface area contributed by atoms with Crippen molar-refractivity contribution in [2.45, 2.75) is 96.1 Å². The molecule has 6 heteroatoms. The van der Waals surface area contributed by atoms with Crippen molar-refractivity contribution in [2.75, 3.05) is 13.2 Å². The summed E-state index contributed by atoms with van der Waals surface area (Å²) in [5.41, 5.74) is 1.68. The summed E-state index contributed by atoms with van der Waals surface area (Å²) in [6, 6.07) is 0. The van der Waals surface area contributed by atoms with Gasteiger partial charge in [0.05, 0.1) is 19.3 Å². The number of aliphatic hydroxyl groups is 3. The van der Waals surface area contributed by atoms with E-state index in [1.54, 1.807) is 11.1 Å². The molecule has 3 heterocycles. The van der Waals surface area contributed by atoms with Crippen LogP contribution in [0, 0.1) is 34.5 Å². The molecule has 0 amide bonds. The summed E-state index contributed by atoms with van der Waals surface area (Å²) in [4.78, 5) is 0. The van der Waals surface area contributed by atoms with Gasteiger partial charge in [0.25, 0.3) is 0 Å². The van der Waals surface area contributed by atoms with Gasteiger partial charge in [-0.05, 0) is 61.7 Å². The summed E-state index contributed by atoms with van der Waals surface area (Å²) in [6.07, 6.45) is 4.12. The Kier molecular flexibility index (Phi) is 4.30. The van der Waals surface area contributed by atoms with Gasteiger partial charge in [-0.25, -0.2) is 0 Å². The molecule has 0 aromatic carbocycles. The number of fused-ring (bicyclic) bond motifs is 4. The summed E-state index contributed by atoms with van der Waals surface area (Å²) in [7, 11) is 0. The molecule has 6 nitrogen and oxygen atoms in total. The number of hydrogen-bond donors (Lipinski definition) is 3. The van der Waals surface area contributed by atoms with E-state index in [4.69, 9.17) is 14.2 Å². The lowest BCUT2D eigenvalue weighted by molar-refractivity contribution is -0.428. The highest BCUT2D eigenvalue weighted by Crippen LogP contribution is 2.68. The van der Waals surface area contributed by atoms with Crippen molar-refractivity contribution in [3.63, 3.8) is 0 Å². The molecule has 174 valence electrons. The average molecular weight is 435 g/mol. The van der Waals surface area contributed by atoms with Gasteiger partial charge >= 0.3 is 0 Å². The molecular formula is C25H38O6. The lowest BCUT2D eigenvalue weighted by Gasteiger charge is -2.56. The fraction of sp³-hybridized carbons (Fsp3) is 0.920. The smallest absolute Gasteiger partial charge is 0.229 e. The van der Waals surface area contributed by atoms with Gasteiger partial charge in [-0.2, -0.15) is 0 Å².